The van der Waals surface area contributed by atoms with Gasteiger partial charge in [0.25, 0.3) is 5.91 Å². The first kappa shape index (κ1) is 27.3. The van der Waals surface area contributed by atoms with Crippen molar-refractivity contribution in [3.8, 4) is 16.9 Å². The zero-order valence-corrected chi connectivity index (χ0v) is 21.8. The quantitative estimate of drug-likeness (QED) is 0.236. The summed E-state index contributed by atoms with van der Waals surface area (Å²) in [5.74, 6) is -9.52. The van der Waals surface area contributed by atoms with Crippen LogP contribution in [0, 0.1) is 11.8 Å². The van der Waals surface area contributed by atoms with E-state index in [1.165, 1.54) is 25.1 Å². The van der Waals surface area contributed by atoms with Crippen molar-refractivity contribution in [1.29, 1.82) is 0 Å². The van der Waals surface area contributed by atoms with Crippen molar-refractivity contribution in [3.05, 3.63) is 70.0 Å². The standard InChI is InChI=1S/C29H28N2O9/c1-11-16-14(13-6-4-12(10-32)5-7-13)8-9-15(33)18(16)23(34)19-17(11)24(35)21-22(31(2)3)25(36)20(28(30)39)27(38)29(21,40)26(19)37/h4-11,17,21-22,24,33-35,38,40H,1-3H3,(H2,30,39). The van der Waals surface area contributed by atoms with Gasteiger partial charge < -0.3 is 31.3 Å². The number of aromatic hydroxyl groups is 1. The van der Waals surface area contributed by atoms with Gasteiger partial charge in [-0.3, -0.25) is 24.1 Å². The third-order valence-corrected chi connectivity index (χ3v) is 8.47. The number of aliphatic hydroxyl groups is 4. The molecule has 0 heterocycles. The number of Topliss-reactive ketones (excluding diaryl/α,β-unsaturated/α-hetero) is 2. The third kappa shape index (κ3) is 3.41. The Labute approximate surface area is 228 Å². The highest BCUT2D eigenvalue weighted by Gasteiger charge is 2.68. The average molecular weight is 549 g/mol. The van der Waals surface area contributed by atoms with Gasteiger partial charge in [-0.25, -0.2) is 0 Å². The highest BCUT2D eigenvalue weighted by molar-refractivity contribution is 6.24. The van der Waals surface area contributed by atoms with Gasteiger partial charge in [-0.1, -0.05) is 37.3 Å². The fraction of sp³-hybridized carbons (Fsp3) is 0.310. The van der Waals surface area contributed by atoms with Gasteiger partial charge in [0, 0.05) is 17.1 Å². The summed E-state index contributed by atoms with van der Waals surface area (Å²) in [6, 6.07) is 8.03. The zero-order valence-electron chi connectivity index (χ0n) is 21.8. The van der Waals surface area contributed by atoms with Gasteiger partial charge in [-0.15, -0.1) is 0 Å². The lowest BCUT2D eigenvalue weighted by atomic mass is 9.54. The predicted octanol–water partition coefficient (Wildman–Crippen LogP) is 0.975. The summed E-state index contributed by atoms with van der Waals surface area (Å²) in [6.45, 7) is 1.67. The Bertz CT molecular complexity index is 1560. The van der Waals surface area contributed by atoms with Crippen LogP contribution in [0.3, 0.4) is 0 Å². The number of fused-ring (bicyclic) bond motifs is 3. The fourth-order valence-electron chi connectivity index (χ4n) is 6.69. The lowest BCUT2D eigenvalue weighted by Crippen LogP contribution is -2.70. The molecule has 1 saturated carbocycles. The van der Waals surface area contributed by atoms with Crippen molar-refractivity contribution < 1.29 is 44.7 Å². The van der Waals surface area contributed by atoms with Gasteiger partial charge in [-0.2, -0.15) is 0 Å². The van der Waals surface area contributed by atoms with Gasteiger partial charge in [0.1, 0.15) is 29.1 Å². The zero-order chi connectivity index (χ0) is 29.4. The summed E-state index contributed by atoms with van der Waals surface area (Å²) in [5, 5.41) is 56.8. The van der Waals surface area contributed by atoms with Gasteiger partial charge in [-0.05, 0) is 42.8 Å². The second-order valence-corrected chi connectivity index (χ2v) is 10.7. The number of nitrogens with two attached hydrogens (primary N) is 1. The molecule has 2 aromatic rings. The van der Waals surface area contributed by atoms with Crippen LogP contribution in [0.25, 0.3) is 16.9 Å². The maximum absolute atomic E-state index is 14.0. The Hall–Kier alpha value is -4.32. The number of ketones is 2. The molecule has 5 rings (SSSR count). The van der Waals surface area contributed by atoms with Crippen LogP contribution < -0.4 is 5.73 Å². The molecule has 0 saturated heterocycles. The van der Waals surface area contributed by atoms with Crippen molar-refractivity contribution in [2.45, 2.75) is 30.6 Å². The molecule has 3 aliphatic rings. The van der Waals surface area contributed by atoms with E-state index in [1.807, 2.05) is 0 Å². The summed E-state index contributed by atoms with van der Waals surface area (Å²) >= 11 is 0. The molecule has 3 aliphatic carbocycles. The number of hydrogen-bond acceptors (Lipinski definition) is 10. The van der Waals surface area contributed by atoms with Crippen LogP contribution in [0.4, 0.5) is 0 Å². The minimum atomic E-state index is -2.97. The minimum Gasteiger partial charge on any atom is -0.508 e. The molecule has 208 valence electrons. The molecule has 0 aliphatic heterocycles. The molecule has 1 amide bonds. The molecule has 2 aromatic carbocycles. The van der Waals surface area contributed by atoms with Crippen LogP contribution >= 0.6 is 0 Å². The monoisotopic (exact) mass is 548 g/mol. The van der Waals surface area contributed by atoms with E-state index in [1.54, 1.807) is 37.3 Å². The van der Waals surface area contributed by atoms with E-state index in [0.29, 0.717) is 28.5 Å². The number of hydrogen-bond donors (Lipinski definition) is 6. The first-order valence-corrected chi connectivity index (χ1v) is 12.5. The molecule has 0 spiro atoms. The number of likely N-dealkylation sites (N-methyl/N-ethyl adjacent to an activating group) is 1. The number of carbonyl (C=O) groups is 4. The van der Waals surface area contributed by atoms with Gasteiger partial charge in [0.15, 0.2) is 11.4 Å². The van der Waals surface area contributed by atoms with Crippen LogP contribution in [0.5, 0.6) is 5.75 Å². The second-order valence-electron chi connectivity index (χ2n) is 10.7. The van der Waals surface area contributed by atoms with E-state index in [4.69, 9.17) is 5.73 Å². The SMILES string of the molecule is CC1c2c(-c3ccc(C=O)cc3)ccc(O)c2C(O)=C2C(=O)C3(O)C(O)=C(C(N)=O)C(=O)C(N(C)C)C3C(O)C21. The van der Waals surface area contributed by atoms with E-state index in [-0.39, 0.29) is 11.3 Å². The Morgan fingerprint density at radius 3 is 2.23 bits per heavy atom. The lowest BCUT2D eigenvalue weighted by Gasteiger charge is -2.53. The van der Waals surface area contributed by atoms with Gasteiger partial charge in [0.2, 0.25) is 5.78 Å². The predicted molar refractivity (Wildman–Crippen MR) is 141 cm³/mol. The Morgan fingerprint density at radius 2 is 1.68 bits per heavy atom. The smallest absolute Gasteiger partial charge is 0.255 e. The molecule has 0 radical (unpaired) electrons. The second kappa shape index (κ2) is 9.12. The molecule has 7 N–H and O–H groups in total. The Balaban J connectivity index is 1.81. The van der Waals surface area contributed by atoms with E-state index in [9.17, 15) is 44.7 Å². The number of phenolic OH excluding ortho intramolecular Hbond substituents is 1. The number of carbonyl (C=O) groups excluding carboxylic acids is 4. The van der Waals surface area contributed by atoms with Crippen molar-refractivity contribution >= 4 is 29.5 Å². The largest absolute Gasteiger partial charge is 0.508 e. The topological polar surface area (TPSA) is 199 Å². The average Bonchev–Trinajstić information content (AvgIpc) is 2.90. The first-order valence-electron chi connectivity index (χ1n) is 12.5. The third-order valence-electron chi connectivity index (χ3n) is 8.47. The molecule has 6 unspecified atom stereocenters. The number of rotatable bonds is 4. The van der Waals surface area contributed by atoms with Crippen LogP contribution in [-0.2, 0) is 14.4 Å². The number of nitrogens with zero attached hydrogens (tertiary/aromatic N) is 1. The molecule has 1 fully saturated rings. The summed E-state index contributed by atoms with van der Waals surface area (Å²) in [5.41, 5.74) is 2.83. The van der Waals surface area contributed by atoms with Crippen LogP contribution in [0.2, 0.25) is 0 Å². The fourth-order valence-corrected chi connectivity index (χ4v) is 6.69. The van der Waals surface area contributed by atoms with Crippen LogP contribution in [-0.4, -0.2) is 86.0 Å². The molecule has 11 nitrogen and oxygen atoms in total. The number of amides is 1. The van der Waals surface area contributed by atoms with E-state index in [2.05, 4.69) is 0 Å². The first-order chi connectivity index (χ1) is 18.8. The molecule has 6 atom stereocenters. The molecule has 0 aromatic heterocycles. The normalized spacial score (nSPS) is 29.7. The van der Waals surface area contributed by atoms with Crippen LogP contribution in [0.1, 0.15) is 34.3 Å². The van der Waals surface area contributed by atoms with E-state index in [0.717, 1.165) is 0 Å². The van der Waals surface area contributed by atoms with Crippen molar-refractivity contribution in [2.24, 2.45) is 17.6 Å². The summed E-state index contributed by atoms with van der Waals surface area (Å²) in [7, 11) is 2.89. The number of aldehydes is 1. The van der Waals surface area contributed by atoms with E-state index < -0.39 is 75.6 Å². The maximum atomic E-state index is 14.0. The maximum Gasteiger partial charge on any atom is 0.255 e. The molecule has 0 bridgehead atoms. The molecule has 11 heteroatoms. The highest BCUT2D eigenvalue weighted by atomic mass is 16.4. The summed E-state index contributed by atoms with van der Waals surface area (Å²) < 4.78 is 0. The number of phenols is 1. The molecular formula is C29H28N2O9. The van der Waals surface area contributed by atoms with Crippen molar-refractivity contribution in [2.75, 3.05) is 14.1 Å². The molecule has 40 heavy (non-hydrogen) atoms. The van der Waals surface area contributed by atoms with Gasteiger partial charge in [0.05, 0.1) is 23.6 Å². The number of primary amides is 1. The summed E-state index contributed by atoms with van der Waals surface area (Å²) in [6.07, 6.45) is -1.01. The lowest BCUT2D eigenvalue weighted by molar-refractivity contribution is -0.169. The Kier molecular flexibility index (Phi) is 6.21. The van der Waals surface area contributed by atoms with E-state index >= 15 is 0 Å². The molecular weight excluding hydrogens is 520 g/mol. The number of aliphatic hydroxyl groups excluding tert-OH is 3. The van der Waals surface area contributed by atoms with Crippen LogP contribution in [0.15, 0.2) is 53.3 Å². The van der Waals surface area contributed by atoms with Crippen molar-refractivity contribution in [1.82, 2.24) is 4.90 Å². The number of benzene rings is 2. The minimum absolute atomic E-state index is 0.104. The summed E-state index contributed by atoms with van der Waals surface area (Å²) in [4.78, 5) is 51.9. The highest BCUT2D eigenvalue weighted by Crippen LogP contribution is 2.57. The van der Waals surface area contributed by atoms with Gasteiger partial charge >= 0.3 is 0 Å². The van der Waals surface area contributed by atoms with Crippen molar-refractivity contribution in [3.63, 3.8) is 0 Å². The Morgan fingerprint density at radius 1 is 1.05 bits per heavy atom.